The molecular weight excluding hydrogens is 406 g/mol. The highest BCUT2D eigenvalue weighted by Crippen LogP contribution is 2.43. The Morgan fingerprint density at radius 1 is 1.09 bits per heavy atom. The maximum Gasteiger partial charge on any atom is 0.139 e. The van der Waals surface area contributed by atoms with Gasteiger partial charge in [0, 0.05) is 24.7 Å². The normalized spacial score (nSPS) is 16.4. The standard InChI is InChI=1S/C29H31N3O/c1-2-3-8-24-25-16-21-7-4-5-9-22(21)23(25)12-13-28(24)32-15-14-20(18-32)19-33-29-11-6-10-27(31)26(29)17-30/h4-7,9-13,20H,2-3,8,14-16,18-19,31H2,1H3. The molecule has 0 radical (unpaired) electrons. The monoisotopic (exact) mass is 437 g/mol. The maximum absolute atomic E-state index is 9.41. The zero-order chi connectivity index (χ0) is 22.8. The quantitative estimate of drug-likeness (QED) is 0.362. The summed E-state index contributed by atoms with van der Waals surface area (Å²) in [7, 11) is 0. The fourth-order valence-corrected chi connectivity index (χ4v) is 5.37. The van der Waals surface area contributed by atoms with Crippen LogP contribution in [0.25, 0.3) is 11.1 Å². The molecule has 0 amide bonds. The molecule has 2 aliphatic rings. The minimum Gasteiger partial charge on any atom is -0.492 e. The molecule has 2 N–H and O–H groups in total. The fourth-order valence-electron chi connectivity index (χ4n) is 5.37. The van der Waals surface area contributed by atoms with E-state index in [1.165, 1.54) is 46.3 Å². The van der Waals surface area contributed by atoms with Crippen LogP contribution in [0, 0.1) is 17.2 Å². The van der Waals surface area contributed by atoms with E-state index in [2.05, 4.69) is 54.3 Å². The molecule has 0 bridgehead atoms. The number of unbranched alkanes of at least 4 members (excludes halogenated alkanes) is 1. The van der Waals surface area contributed by atoms with Gasteiger partial charge in [0.05, 0.1) is 12.3 Å². The van der Waals surface area contributed by atoms with Crippen molar-refractivity contribution in [2.75, 3.05) is 30.3 Å². The van der Waals surface area contributed by atoms with E-state index in [9.17, 15) is 5.26 Å². The summed E-state index contributed by atoms with van der Waals surface area (Å²) in [5.74, 6) is 1.03. The van der Waals surface area contributed by atoms with Crippen LogP contribution in [0.2, 0.25) is 0 Å². The Morgan fingerprint density at radius 3 is 2.82 bits per heavy atom. The summed E-state index contributed by atoms with van der Waals surface area (Å²) in [5.41, 5.74) is 15.6. The summed E-state index contributed by atoms with van der Waals surface area (Å²) in [6, 6.07) is 21.1. The zero-order valence-electron chi connectivity index (χ0n) is 19.3. The van der Waals surface area contributed by atoms with Gasteiger partial charge in [-0.3, -0.25) is 0 Å². The van der Waals surface area contributed by atoms with E-state index in [-0.39, 0.29) is 0 Å². The first-order valence-corrected chi connectivity index (χ1v) is 12.1. The number of fused-ring (bicyclic) bond motifs is 3. The third-order valence-electron chi connectivity index (χ3n) is 7.13. The van der Waals surface area contributed by atoms with Gasteiger partial charge in [0.1, 0.15) is 17.4 Å². The van der Waals surface area contributed by atoms with Crippen molar-refractivity contribution in [2.45, 2.75) is 39.0 Å². The van der Waals surface area contributed by atoms with Crippen LogP contribution in [0.5, 0.6) is 5.75 Å². The Labute approximate surface area is 196 Å². The molecule has 1 heterocycles. The van der Waals surface area contributed by atoms with Crippen LogP contribution in [0.1, 0.15) is 48.4 Å². The molecule has 33 heavy (non-hydrogen) atoms. The predicted octanol–water partition coefficient (Wildman–Crippen LogP) is 5.96. The number of nitrogen functional groups attached to an aromatic ring is 1. The molecule has 0 aromatic heterocycles. The van der Waals surface area contributed by atoms with Crippen LogP contribution in [-0.4, -0.2) is 19.7 Å². The number of nitriles is 1. The van der Waals surface area contributed by atoms with E-state index in [4.69, 9.17) is 10.5 Å². The van der Waals surface area contributed by atoms with Crippen molar-refractivity contribution >= 4 is 11.4 Å². The molecule has 5 rings (SSSR count). The van der Waals surface area contributed by atoms with E-state index in [1.54, 1.807) is 6.07 Å². The average molecular weight is 438 g/mol. The van der Waals surface area contributed by atoms with E-state index < -0.39 is 0 Å². The highest BCUT2D eigenvalue weighted by molar-refractivity contribution is 5.81. The number of anilines is 2. The number of benzene rings is 3. The number of rotatable bonds is 7. The Kier molecular flexibility index (Phi) is 5.96. The molecule has 0 spiro atoms. The van der Waals surface area contributed by atoms with Gasteiger partial charge >= 0.3 is 0 Å². The van der Waals surface area contributed by atoms with Gasteiger partial charge in [-0.05, 0) is 71.7 Å². The molecular formula is C29H31N3O. The summed E-state index contributed by atoms with van der Waals surface area (Å²) in [6.45, 7) is 4.90. The molecule has 168 valence electrons. The van der Waals surface area contributed by atoms with Crippen LogP contribution < -0.4 is 15.4 Å². The largest absolute Gasteiger partial charge is 0.492 e. The molecule has 3 aromatic carbocycles. The summed E-state index contributed by atoms with van der Waals surface area (Å²) < 4.78 is 6.06. The molecule has 1 atom stereocenters. The average Bonchev–Trinajstić information content (AvgIpc) is 3.46. The molecule has 1 aliphatic heterocycles. The number of nitrogens with two attached hydrogens (primary N) is 1. The minimum absolute atomic E-state index is 0.433. The van der Waals surface area contributed by atoms with Gasteiger partial charge in [-0.1, -0.05) is 49.7 Å². The van der Waals surface area contributed by atoms with Gasteiger partial charge in [-0.15, -0.1) is 0 Å². The zero-order valence-corrected chi connectivity index (χ0v) is 19.3. The SMILES string of the molecule is CCCCc1c(N2CCC(COc3cccc(N)c3C#N)C2)ccc2c1Cc1ccccc1-2. The Morgan fingerprint density at radius 2 is 1.97 bits per heavy atom. The van der Waals surface area contributed by atoms with Crippen molar-refractivity contribution < 1.29 is 4.74 Å². The predicted molar refractivity (Wildman–Crippen MR) is 135 cm³/mol. The van der Waals surface area contributed by atoms with Crippen LogP contribution in [0.15, 0.2) is 54.6 Å². The highest BCUT2D eigenvalue weighted by atomic mass is 16.5. The number of hydrogen-bond acceptors (Lipinski definition) is 4. The highest BCUT2D eigenvalue weighted by Gasteiger charge is 2.28. The van der Waals surface area contributed by atoms with Crippen molar-refractivity contribution in [2.24, 2.45) is 5.92 Å². The summed E-state index contributed by atoms with van der Waals surface area (Å²) in [6.07, 6.45) is 5.69. The number of ether oxygens (including phenoxy) is 1. The van der Waals surface area contributed by atoms with E-state index in [0.717, 1.165) is 32.4 Å². The second-order valence-electron chi connectivity index (χ2n) is 9.27. The molecule has 1 unspecified atom stereocenters. The molecule has 1 saturated heterocycles. The van der Waals surface area contributed by atoms with Crippen molar-refractivity contribution in [1.82, 2.24) is 0 Å². The minimum atomic E-state index is 0.433. The summed E-state index contributed by atoms with van der Waals surface area (Å²) in [4.78, 5) is 2.55. The molecule has 1 aliphatic carbocycles. The summed E-state index contributed by atoms with van der Waals surface area (Å²) >= 11 is 0. The topological polar surface area (TPSA) is 62.3 Å². The maximum atomic E-state index is 9.41. The van der Waals surface area contributed by atoms with Gasteiger partial charge in [0.15, 0.2) is 0 Å². The van der Waals surface area contributed by atoms with E-state index in [1.807, 2.05) is 12.1 Å². The van der Waals surface area contributed by atoms with Crippen LogP contribution in [0.4, 0.5) is 11.4 Å². The fraction of sp³-hybridized carbons (Fsp3) is 0.345. The number of hydrogen-bond donors (Lipinski definition) is 1. The first-order chi connectivity index (χ1) is 16.2. The van der Waals surface area contributed by atoms with Gasteiger partial charge in [0.2, 0.25) is 0 Å². The molecule has 1 fully saturated rings. The van der Waals surface area contributed by atoms with E-state index >= 15 is 0 Å². The molecule has 4 nitrogen and oxygen atoms in total. The van der Waals surface area contributed by atoms with Crippen LogP contribution in [0.3, 0.4) is 0 Å². The third kappa shape index (κ3) is 4.04. The smallest absolute Gasteiger partial charge is 0.139 e. The summed E-state index contributed by atoms with van der Waals surface area (Å²) in [5, 5.41) is 9.41. The lowest BCUT2D eigenvalue weighted by molar-refractivity contribution is 0.260. The molecule has 0 saturated carbocycles. The van der Waals surface area contributed by atoms with Gasteiger partial charge in [-0.25, -0.2) is 0 Å². The number of nitrogens with zero attached hydrogens (tertiary/aromatic N) is 2. The second kappa shape index (κ2) is 9.19. The lowest BCUT2D eigenvalue weighted by Crippen LogP contribution is -2.23. The van der Waals surface area contributed by atoms with Crippen molar-refractivity contribution in [3.05, 3.63) is 76.9 Å². The van der Waals surface area contributed by atoms with E-state index in [0.29, 0.717) is 29.5 Å². The van der Waals surface area contributed by atoms with Crippen molar-refractivity contribution in [3.63, 3.8) is 0 Å². The third-order valence-corrected chi connectivity index (χ3v) is 7.13. The van der Waals surface area contributed by atoms with Crippen molar-refractivity contribution in [3.8, 4) is 22.9 Å². The van der Waals surface area contributed by atoms with Gasteiger partial charge < -0.3 is 15.4 Å². The van der Waals surface area contributed by atoms with Crippen LogP contribution in [-0.2, 0) is 12.8 Å². The Balaban J connectivity index is 1.35. The van der Waals surface area contributed by atoms with Gasteiger partial charge in [-0.2, -0.15) is 5.26 Å². The van der Waals surface area contributed by atoms with Crippen molar-refractivity contribution in [1.29, 1.82) is 5.26 Å². The first kappa shape index (κ1) is 21.4. The second-order valence-corrected chi connectivity index (χ2v) is 9.27. The van der Waals surface area contributed by atoms with Crippen LogP contribution >= 0.6 is 0 Å². The lowest BCUT2D eigenvalue weighted by atomic mass is 9.95. The Hall–Kier alpha value is -3.45. The molecule has 4 heteroatoms. The lowest BCUT2D eigenvalue weighted by Gasteiger charge is -2.25. The molecule has 3 aromatic rings. The van der Waals surface area contributed by atoms with Gasteiger partial charge in [0.25, 0.3) is 0 Å². The Bertz CT molecular complexity index is 1210. The first-order valence-electron chi connectivity index (χ1n) is 12.1.